The molecule has 0 aromatic rings. The van der Waals surface area contributed by atoms with E-state index in [0.717, 1.165) is 12.8 Å². The first-order chi connectivity index (χ1) is 10.2. The fourth-order valence-corrected chi connectivity index (χ4v) is 2.40. The van der Waals surface area contributed by atoms with Crippen molar-refractivity contribution in [1.29, 1.82) is 0 Å². The van der Waals surface area contributed by atoms with Crippen molar-refractivity contribution < 1.29 is 15.0 Å². The predicted molar refractivity (Wildman–Crippen MR) is 88.5 cm³/mol. The molecule has 0 rings (SSSR count). The highest BCUT2D eigenvalue weighted by atomic mass is 16.4. The minimum atomic E-state index is -0.788. The zero-order valence-electron chi connectivity index (χ0n) is 13.7. The fraction of sp³-hybridized carbons (Fsp3) is 0.833. The number of hydrogen-bond acceptors (Lipinski definition) is 2. The molecule has 21 heavy (non-hydrogen) atoms. The van der Waals surface area contributed by atoms with Crippen LogP contribution in [0.3, 0.4) is 0 Å². The average molecular weight is 298 g/mol. The van der Waals surface area contributed by atoms with E-state index in [0.29, 0.717) is 6.42 Å². The van der Waals surface area contributed by atoms with Gasteiger partial charge in [0.25, 0.3) is 0 Å². The summed E-state index contributed by atoms with van der Waals surface area (Å²) in [4.78, 5) is 10.3. The molecule has 124 valence electrons. The van der Waals surface area contributed by atoms with Gasteiger partial charge in [-0.25, -0.2) is 0 Å². The number of rotatable bonds is 15. The van der Waals surface area contributed by atoms with Crippen molar-refractivity contribution in [2.75, 3.05) is 0 Å². The van der Waals surface area contributed by atoms with Crippen LogP contribution in [0.2, 0.25) is 0 Å². The monoisotopic (exact) mass is 298 g/mol. The van der Waals surface area contributed by atoms with E-state index in [9.17, 15) is 9.90 Å². The van der Waals surface area contributed by atoms with E-state index >= 15 is 0 Å². The molecule has 0 fully saturated rings. The third-order valence-electron chi connectivity index (χ3n) is 3.74. The van der Waals surface area contributed by atoms with Crippen LogP contribution < -0.4 is 0 Å². The van der Waals surface area contributed by atoms with Crippen LogP contribution in [-0.2, 0) is 4.79 Å². The molecule has 0 heterocycles. The summed E-state index contributed by atoms with van der Waals surface area (Å²) >= 11 is 0. The van der Waals surface area contributed by atoms with Crippen LogP contribution in [0.25, 0.3) is 0 Å². The maximum absolute atomic E-state index is 10.3. The topological polar surface area (TPSA) is 57.5 Å². The minimum absolute atomic E-state index is 0.140. The van der Waals surface area contributed by atoms with Crippen molar-refractivity contribution in [3.05, 3.63) is 12.2 Å². The number of aliphatic carboxylic acids is 1. The number of aliphatic hydroxyl groups excluding tert-OH is 1. The lowest BCUT2D eigenvalue weighted by Gasteiger charge is -2.05. The molecule has 0 aliphatic rings. The first-order valence-electron chi connectivity index (χ1n) is 8.73. The lowest BCUT2D eigenvalue weighted by Crippen LogP contribution is -2.01. The van der Waals surface area contributed by atoms with Gasteiger partial charge in [0.2, 0.25) is 0 Å². The van der Waals surface area contributed by atoms with Gasteiger partial charge in [-0.15, -0.1) is 0 Å². The Hall–Kier alpha value is -0.830. The molecular formula is C18H34O3. The van der Waals surface area contributed by atoms with Crippen LogP contribution in [0.4, 0.5) is 0 Å². The average Bonchev–Trinajstić information content (AvgIpc) is 2.45. The van der Waals surface area contributed by atoms with Gasteiger partial charge in [0.15, 0.2) is 0 Å². The molecule has 0 aliphatic heterocycles. The number of hydrogen-bond donors (Lipinski definition) is 2. The van der Waals surface area contributed by atoms with Gasteiger partial charge in [-0.05, 0) is 12.8 Å². The van der Waals surface area contributed by atoms with Crippen LogP contribution in [0.5, 0.6) is 0 Å². The number of carboxylic acids is 1. The summed E-state index contributed by atoms with van der Waals surface area (Å²) in [5, 5.41) is 18.2. The molecule has 0 spiro atoms. The highest BCUT2D eigenvalue weighted by molar-refractivity contribution is 5.66. The fourth-order valence-electron chi connectivity index (χ4n) is 2.40. The number of aliphatic hydroxyl groups is 1. The van der Waals surface area contributed by atoms with Crippen molar-refractivity contribution in [3.8, 4) is 0 Å². The maximum Gasteiger partial charge on any atom is 0.303 e. The van der Waals surface area contributed by atoms with Gasteiger partial charge in [-0.1, -0.05) is 83.3 Å². The smallest absolute Gasteiger partial charge is 0.303 e. The van der Waals surface area contributed by atoms with Gasteiger partial charge < -0.3 is 10.2 Å². The highest BCUT2D eigenvalue weighted by Crippen LogP contribution is 2.12. The summed E-state index contributed by atoms with van der Waals surface area (Å²) in [6.07, 6.45) is 17.5. The Balaban J connectivity index is 3.24. The van der Waals surface area contributed by atoms with Crippen LogP contribution in [0, 0.1) is 0 Å². The lowest BCUT2D eigenvalue weighted by molar-refractivity contribution is -0.136. The van der Waals surface area contributed by atoms with Gasteiger partial charge in [-0.3, -0.25) is 4.79 Å². The molecular weight excluding hydrogens is 264 g/mol. The summed E-state index contributed by atoms with van der Waals surface area (Å²) in [6.45, 7) is 2.25. The maximum atomic E-state index is 10.3. The zero-order chi connectivity index (χ0) is 15.8. The third-order valence-corrected chi connectivity index (χ3v) is 3.74. The van der Waals surface area contributed by atoms with Crippen molar-refractivity contribution in [1.82, 2.24) is 0 Å². The standard InChI is InChI=1S/C18H34O3/c1-2-3-4-5-6-7-8-9-10-11-14-17(19)15-12-13-16-18(20)21/h12,15,17,19H,2-11,13-14,16H2,1H3,(H,20,21)/b15-12+. The van der Waals surface area contributed by atoms with E-state index in [4.69, 9.17) is 5.11 Å². The SMILES string of the molecule is CCCCCCCCCCCCC(O)/C=C/CCC(=O)O. The molecule has 0 bridgehead atoms. The van der Waals surface area contributed by atoms with Crippen LogP contribution in [0.1, 0.15) is 90.4 Å². The predicted octanol–water partition coefficient (Wildman–Crippen LogP) is 5.08. The van der Waals surface area contributed by atoms with Crippen molar-refractivity contribution >= 4 is 5.97 Å². The van der Waals surface area contributed by atoms with Crippen LogP contribution >= 0.6 is 0 Å². The molecule has 1 unspecified atom stereocenters. The molecule has 2 N–H and O–H groups in total. The molecule has 0 saturated heterocycles. The van der Waals surface area contributed by atoms with Gasteiger partial charge in [0.1, 0.15) is 0 Å². The number of unbranched alkanes of at least 4 members (excludes halogenated alkanes) is 9. The van der Waals surface area contributed by atoms with Crippen LogP contribution in [0.15, 0.2) is 12.2 Å². The van der Waals surface area contributed by atoms with E-state index in [-0.39, 0.29) is 6.42 Å². The van der Waals surface area contributed by atoms with Gasteiger partial charge in [-0.2, -0.15) is 0 Å². The van der Waals surface area contributed by atoms with Crippen LogP contribution in [-0.4, -0.2) is 22.3 Å². The summed E-state index contributed by atoms with van der Waals surface area (Å²) in [5.41, 5.74) is 0. The third kappa shape index (κ3) is 17.1. The Morgan fingerprint density at radius 3 is 2.00 bits per heavy atom. The molecule has 1 atom stereocenters. The lowest BCUT2D eigenvalue weighted by atomic mass is 10.0. The Morgan fingerprint density at radius 1 is 0.952 bits per heavy atom. The minimum Gasteiger partial charge on any atom is -0.481 e. The molecule has 0 aromatic carbocycles. The van der Waals surface area contributed by atoms with Gasteiger partial charge in [0, 0.05) is 6.42 Å². The van der Waals surface area contributed by atoms with E-state index in [1.807, 2.05) is 0 Å². The van der Waals surface area contributed by atoms with E-state index in [1.165, 1.54) is 57.8 Å². The molecule has 3 heteroatoms. The van der Waals surface area contributed by atoms with Crippen molar-refractivity contribution in [2.24, 2.45) is 0 Å². The molecule has 0 saturated carbocycles. The summed E-state index contributed by atoms with van der Waals surface area (Å²) < 4.78 is 0. The second-order valence-corrected chi connectivity index (χ2v) is 5.90. The molecule has 3 nitrogen and oxygen atoms in total. The summed E-state index contributed by atoms with van der Waals surface area (Å²) in [5.74, 6) is -0.788. The van der Waals surface area contributed by atoms with Crippen molar-refractivity contribution in [3.63, 3.8) is 0 Å². The van der Waals surface area contributed by atoms with Gasteiger partial charge >= 0.3 is 5.97 Å². The zero-order valence-corrected chi connectivity index (χ0v) is 13.7. The van der Waals surface area contributed by atoms with E-state index in [2.05, 4.69) is 6.92 Å². The normalized spacial score (nSPS) is 12.9. The first-order valence-corrected chi connectivity index (χ1v) is 8.73. The number of allylic oxidation sites excluding steroid dienone is 1. The number of carboxylic acid groups (broad SMARTS) is 1. The molecule has 0 amide bonds. The van der Waals surface area contributed by atoms with E-state index in [1.54, 1.807) is 12.2 Å². The van der Waals surface area contributed by atoms with Crippen molar-refractivity contribution in [2.45, 2.75) is 96.5 Å². The second kappa shape index (κ2) is 15.6. The largest absolute Gasteiger partial charge is 0.481 e. The molecule has 0 radical (unpaired) electrons. The molecule has 0 aromatic heterocycles. The quantitative estimate of drug-likeness (QED) is 0.327. The summed E-state index contributed by atoms with van der Waals surface area (Å²) in [6, 6.07) is 0. The molecule has 0 aliphatic carbocycles. The Morgan fingerprint density at radius 2 is 1.48 bits per heavy atom. The Bertz CT molecular complexity index is 261. The highest BCUT2D eigenvalue weighted by Gasteiger charge is 1.99. The second-order valence-electron chi connectivity index (χ2n) is 5.90. The first kappa shape index (κ1) is 20.2. The number of carbonyl (C=O) groups is 1. The van der Waals surface area contributed by atoms with E-state index < -0.39 is 12.1 Å². The Kier molecular flexibility index (Phi) is 14.9. The van der Waals surface area contributed by atoms with Gasteiger partial charge in [0.05, 0.1) is 6.10 Å². The Labute approximate surface area is 130 Å². The summed E-state index contributed by atoms with van der Waals surface area (Å²) in [7, 11) is 0.